The SMILES string of the molecule is Cn1nc(NC(=O)CN2CCOC2=O)c2c(N3CCOCC3)cccc21. The minimum absolute atomic E-state index is 0.0450. The van der Waals surface area contributed by atoms with Gasteiger partial charge >= 0.3 is 6.09 Å². The fourth-order valence-corrected chi connectivity index (χ4v) is 3.36. The molecule has 2 amide bonds. The van der Waals surface area contributed by atoms with Crippen LogP contribution in [0.1, 0.15) is 0 Å². The number of ether oxygens (including phenoxy) is 2. The van der Waals surface area contributed by atoms with Crippen LogP contribution in [0.15, 0.2) is 18.2 Å². The molecule has 4 rings (SSSR count). The summed E-state index contributed by atoms with van der Waals surface area (Å²) in [5, 5.41) is 8.22. The van der Waals surface area contributed by atoms with Gasteiger partial charge in [0.05, 0.1) is 36.3 Å². The zero-order valence-electron chi connectivity index (χ0n) is 14.6. The van der Waals surface area contributed by atoms with E-state index >= 15 is 0 Å². The lowest BCUT2D eigenvalue weighted by atomic mass is 10.1. The van der Waals surface area contributed by atoms with E-state index in [1.165, 1.54) is 4.90 Å². The highest BCUT2D eigenvalue weighted by atomic mass is 16.6. The first-order chi connectivity index (χ1) is 12.6. The molecule has 2 aromatic rings. The average Bonchev–Trinajstić information content (AvgIpc) is 3.19. The van der Waals surface area contributed by atoms with Crippen LogP contribution in [0.4, 0.5) is 16.3 Å². The Hall–Kier alpha value is -2.81. The number of cyclic esters (lactones) is 1. The Morgan fingerprint density at radius 2 is 2.04 bits per heavy atom. The largest absolute Gasteiger partial charge is 0.448 e. The Morgan fingerprint density at radius 3 is 2.77 bits per heavy atom. The number of carbonyl (C=O) groups excluding carboxylic acids is 2. The number of aryl methyl sites for hydroxylation is 1. The van der Waals surface area contributed by atoms with E-state index in [2.05, 4.69) is 15.3 Å². The minimum Gasteiger partial charge on any atom is -0.448 e. The highest BCUT2D eigenvalue weighted by Crippen LogP contribution is 2.33. The summed E-state index contributed by atoms with van der Waals surface area (Å²) in [4.78, 5) is 27.6. The molecule has 26 heavy (non-hydrogen) atoms. The highest BCUT2D eigenvalue weighted by Gasteiger charge is 2.25. The first-order valence-corrected chi connectivity index (χ1v) is 8.63. The van der Waals surface area contributed by atoms with Crippen LogP contribution in [-0.4, -0.2) is 72.7 Å². The van der Waals surface area contributed by atoms with Crippen molar-refractivity contribution in [2.75, 3.05) is 56.2 Å². The summed E-state index contributed by atoms with van der Waals surface area (Å²) in [5.41, 5.74) is 1.96. The number of aromatic nitrogens is 2. The van der Waals surface area contributed by atoms with Crippen LogP contribution in [0, 0.1) is 0 Å². The second-order valence-electron chi connectivity index (χ2n) is 6.33. The Bertz CT molecular complexity index is 843. The van der Waals surface area contributed by atoms with Gasteiger partial charge in [0.1, 0.15) is 13.2 Å². The second-order valence-corrected chi connectivity index (χ2v) is 6.33. The maximum Gasteiger partial charge on any atom is 0.410 e. The molecule has 2 fully saturated rings. The summed E-state index contributed by atoms with van der Waals surface area (Å²) in [6, 6.07) is 5.99. The van der Waals surface area contributed by atoms with Gasteiger partial charge in [0, 0.05) is 20.1 Å². The van der Waals surface area contributed by atoms with Crippen LogP contribution < -0.4 is 10.2 Å². The van der Waals surface area contributed by atoms with Crippen molar-refractivity contribution < 1.29 is 19.1 Å². The van der Waals surface area contributed by atoms with E-state index < -0.39 is 6.09 Å². The molecule has 2 aliphatic rings. The topological polar surface area (TPSA) is 88.9 Å². The molecule has 1 aromatic heterocycles. The third-order valence-electron chi connectivity index (χ3n) is 4.64. The van der Waals surface area contributed by atoms with Crippen molar-refractivity contribution in [3.05, 3.63) is 18.2 Å². The number of nitrogens with one attached hydrogen (secondary N) is 1. The maximum atomic E-state index is 12.4. The van der Waals surface area contributed by atoms with Crippen LogP contribution in [-0.2, 0) is 21.3 Å². The van der Waals surface area contributed by atoms with Crippen molar-refractivity contribution in [3.8, 4) is 0 Å². The fraction of sp³-hybridized carbons (Fsp3) is 0.471. The number of nitrogens with zero attached hydrogens (tertiary/aromatic N) is 4. The third-order valence-corrected chi connectivity index (χ3v) is 4.64. The zero-order chi connectivity index (χ0) is 18.1. The fourth-order valence-electron chi connectivity index (χ4n) is 3.36. The van der Waals surface area contributed by atoms with Crippen molar-refractivity contribution in [1.82, 2.24) is 14.7 Å². The summed E-state index contributed by atoms with van der Waals surface area (Å²) < 4.78 is 12.0. The summed E-state index contributed by atoms with van der Waals surface area (Å²) in [7, 11) is 1.85. The molecule has 9 heteroatoms. The van der Waals surface area contributed by atoms with E-state index in [0.717, 1.165) is 29.7 Å². The first kappa shape index (κ1) is 16.6. The van der Waals surface area contributed by atoms with E-state index in [4.69, 9.17) is 9.47 Å². The highest BCUT2D eigenvalue weighted by molar-refractivity contribution is 6.06. The van der Waals surface area contributed by atoms with E-state index in [1.807, 2.05) is 25.2 Å². The predicted octanol–water partition coefficient (Wildman–Crippen LogP) is 0.801. The number of hydrogen-bond acceptors (Lipinski definition) is 6. The molecule has 0 atom stereocenters. The normalized spacial score (nSPS) is 17.7. The van der Waals surface area contributed by atoms with Crippen molar-refractivity contribution >= 4 is 34.4 Å². The molecule has 0 aliphatic carbocycles. The number of anilines is 2. The molecule has 1 aromatic carbocycles. The van der Waals surface area contributed by atoms with Crippen molar-refractivity contribution in [1.29, 1.82) is 0 Å². The number of carbonyl (C=O) groups is 2. The van der Waals surface area contributed by atoms with Gasteiger partial charge in [0.2, 0.25) is 5.91 Å². The number of benzene rings is 1. The molecule has 0 bridgehead atoms. The van der Waals surface area contributed by atoms with E-state index in [0.29, 0.717) is 32.2 Å². The Labute approximate surface area is 150 Å². The van der Waals surface area contributed by atoms with Crippen LogP contribution in [0.5, 0.6) is 0 Å². The minimum atomic E-state index is -0.458. The third kappa shape index (κ3) is 3.05. The molecule has 138 valence electrons. The molecule has 2 aliphatic heterocycles. The molecule has 2 saturated heterocycles. The lowest BCUT2D eigenvalue weighted by Gasteiger charge is -2.29. The molecule has 1 N–H and O–H groups in total. The van der Waals surface area contributed by atoms with Crippen molar-refractivity contribution in [2.24, 2.45) is 7.05 Å². The molecule has 0 radical (unpaired) electrons. The van der Waals surface area contributed by atoms with Gasteiger partial charge in [-0.3, -0.25) is 14.4 Å². The van der Waals surface area contributed by atoms with E-state index in [9.17, 15) is 9.59 Å². The average molecular weight is 359 g/mol. The summed E-state index contributed by atoms with van der Waals surface area (Å²) >= 11 is 0. The van der Waals surface area contributed by atoms with Crippen LogP contribution in [0.3, 0.4) is 0 Å². The van der Waals surface area contributed by atoms with Gasteiger partial charge in [0.25, 0.3) is 0 Å². The van der Waals surface area contributed by atoms with Gasteiger partial charge in [-0.15, -0.1) is 0 Å². The molecular formula is C17H21N5O4. The molecule has 0 saturated carbocycles. The van der Waals surface area contributed by atoms with E-state index in [-0.39, 0.29) is 12.5 Å². The quantitative estimate of drug-likeness (QED) is 0.869. The maximum absolute atomic E-state index is 12.4. The van der Waals surface area contributed by atoms with Crippen LogP contribution >= 0.6 is 0 Å². The number of fused-ring (bicyclic) bond motifs is 1. The first-order valence-electron chi connectivity index (χ1n) is 8.63. The van der Waals surface area contributed by atoms with Gasteiger partial charge < -0.3 is 19.7 Å². The molecular weight excluding hydrogens is 338 g/mol. The lowest BCUT2D eigenvalue weighted by molar-refractivity contribution is -0.116. The van der Waals surface area contributed by atoms with Gasteiger partial charge in [0.15, 0.2) is 5.82 Å². The summed E-state index contributed by atoms with van der Waals surface area (Å²) in [5.74, 6) is 0.211. The molecule has 9 nitrogen and oxygen atoms in total. The van der Waals surface area contributed by atoms with Crippen LogP contribution in [0.2, 0.25) is 0 Å². The number of amides is 2. The number of rotatable bonds is 4. The van der Waals surface area contributed by atoms with Gasteiger partial charge in [-0.05, 0) is 12.1 Å². The Balaban J connectivity index is 1.62. The summed E-state index contributed by atoms with van der Waals surface area (Å²) in [6.45, 7) is 3.64. The zero-order valence-corrected chi connectivity index (χ0v) is 14.6. The molecule has 0 unspecified atom stereocenters. The monoisotopic (exact) mass is 359 g/mol. The lowest BCUT2D eigenvalue weighted by Crippen LogP contribution is -2.36. The van der Waals surface area contributed by atoms with Crippen LogP contribution in [0.25, 0.3) is 10.9 Å². The summed E-state index contributed by atoms with van der Waals surface area (Å²) in [6.07, 6.45) is -0.458. The molecule has 0 spiro atoms. The van der Waals surface area contributed by atoms with Gasteiger partial charge in [-0.25, -0.2) is 4.79 Å². The standard InChI is InChI=1S/C17H21N5O4/c1-20-12-3-2-4-13(21-5-8-25-9-6-21)15(12)16(19-20)18-14(23)11-22-7-10-26-17(22)24/h2-4H,5-11H2,1H3,(H,18,19,23). The Morgan fingerprint density at radius 1 is 1.23 bits per heavy atom. The Kier molecular flexibility index (Phi) is 4.37. The second kappa shape index (κ2) is 6.83. The number of hydrogen-bond donors (Lipinski definition) is 1. The van der Waals surface area contributed by atoms with Crippen molar-refractivity contribution in [3.63, 3.8) is 0 Å². The van der Waals surface area contributed by atoms with Gasteiger partial charge in [-0.1, -0.05) is 6.07 Å². The van der Waals surface area contributed by atoms with E-state index in [1.54, 1.807) is 4.68 Å². The number of morpholine rings is 1. The van der Waals surface area contributed by atoms with Gasteiger partial charge in [-0.2, -0.15) is 5.10 Å². The smallest absolute Gasteiger partial charge is 0.410 e. The predicted molar refractivity (Wildman–Crippen MR) is 95.3 cm³/mol. The molecule has 3 heterocycles. The van der Waals surface area contributed by atoms with Crippen molar-refractivity contribution in [2.45, 2.75) is 0 Å².